The molecule has 0 spiro atoms. The summed E-state index contributed by atoms with van der Waals surface area (Å²) in [4.78, 5) is 2.51. The molecule has 2 nitrogen and oxygen atoms in total. The molecule has 0 aliphatic carbocycles. The maximum atomic E-state index is 2.51. The third kappa shape index (κ3) is 3.18. The second-order valence-corrected chi connectivity index (χ2v) is 4.35. The molecule has 0 aliphatic rings. The van der Waals surface area contributed by atoms with E-state index in [-0.39, 0.29) is 0 Å². The van der Waals surface area contributed by atoms with Crippen molar-refractivity contribution >= 4 is 0 Å². The summed E-state index contributed by atoms with van der Waals surface area (Å²) in [6.07, 6.45) is 4.25. The maximum absolute atomic E-state index is 2.51. The van der Waals surface area contributed by atoms with E-state index in [0.717, 1.165) is 13.1 Å². The largest absolute Gasteiger partial charge is 0.353 e. The van der Waals surface area contributed by atoms with E-state index < -0.39 is 0 Å². The Bertz CT molecular complexity index is 229. The van der Waals surface area contributed by atoms with Crippen molar-refractivity contribution in [1.82, 2.24) is 9.47 Å². The minimum Gasteiger partial charge on any atom is -0.353 e. The van der Waals surface area contributed by atoms with E-state index in [4.69, 9.17) is 0 Å². The molecule has 0 amide bonds. The zero-order chi connectivity index (χ0) is 10.6. The van der Waals surface area contributed by atoms with Crippen LogP contribution in [0, 0.1) is 0 Å². The van der Waals surface area contributed by atoms with Crippen LogP contribution in [0.4, 0.5) is 0 Å². The normalized spacial score (nSPS) is 11.9. The molecule has 0 atom stereocenters. The highest BCUT2D eigenvalue weighted by Crippen LogP contribution is 2.05. The van der Waals surface area contributed by atoms with Crippen molar-refractivity contribution < 1.29 is 0 Å². The summed E-state index contributed by atoms with van der Waals surface area (Å²) in [7, 11) is 0. The molecule has 1 heterocycles. The molecule has 0 saturated heterocycles. The van der Waals surface area contributed by atoms with Crippen LogP contribution in [-0.2, 0) is 6.54 Å². The topological polar surface area (TPSA) is 8.17 Å². The van der Waals surface area contributed by atoms with Crippen molar-refractivity contribution in [3.63, 3.8) is 0 Å². The fraction of sp³-hybridized carbons (Fsp3) is 0.667. The van der Waals surface area contributed by atoms with Crippen LogP contribution >= 0.6 is 0 Å². The monoisotopic (exact) mass is 194 g/mol. The molecular formula is C12H22N2. The number of hydrogen-bond acceptors (Lipinski definition) is 1. The van der Waals surface area contributed by atoms with Gasteiger partial charge >= 0.3 is 0 Å². The molecule has 0 aliphatic heterocycles. The molecular weight excluding hydrogens is 172 g/mol. The number of rotatable bonds is 5. The highest BCUT2D eigenvalue weighted by Gasteiger charge is 2.12. The SMILES string of the molecule is CC(C)N(CCn1cccc1)C(C)C. The van der Waals surface area contributed by atoms with Crippen LogP contribution in [0.5, 0.6) is 0 Å². The zero-order valence-electron chi connectivity index (χ0n) is 9.77. The van der Waals surface area contributed by atoms with Crippen LogP contribution < -0.4 is 0 Å². The first-order valence-electron chi connectivity index (χ1n) is 5.47. The molecule has 0 fully saturated rings. The van der Waals surface area contributed by atoms with Gasteiger partial charge < -0.3 is 4.57 Å². The number of aromatic nitrogens is 1. The van der Waals surface area contributed by atoms with Gasteiger partial charge in [-0.2, -0.15) is 0 Å². The first-order chi connectivity index (χ1) is 6.61. The van der Waals surface area contributed by atoms with Crippen LogP contribution in [0.15, 0.2) is 24.5 Å². The van der Waals surface area contributed by atoms with E-state index >= 15 is 0 Å². The van der Waals surface area contributed by atoms with Crippen molar-refractivity contribution in [3.05, 3.63) is 24.5 Å². The lowest BCUT2D eigenvalue weighted by Gasteiger charge is -2.30. The predicted molar refractivity (Wildman–Crippen MR) is 61.4 cm³/mol. The summed E-state index contributed by atoms with van der Waals surface area (Å²) < 4.78 is 2.23. The second-order valence-electron chi connectivity index (χ2n) is 4.35. The van der Waals surface area contributed by atoms with E-state index in [0.29, 0.717) is 12.1 Å². The summed E-state index contributed by atoms with van der Waals surface area (Å²) >= 11 is 0. The molecule has 1 aromatic heterocycles. The van der Waals surface area contributed by atoms with Gasteiger partial charge in [0.25, 0.3) is 0 Å². The van der Waals surface area contributed by atoms with E-state index in [2.05, 4.69) is 61.7 Å². The van der Waals surface area contributed by atoms with Crippen LogP contribution in [0.3, 0.4) is 0 Å². The molecule has 0 bridgehead atoms. The van der Waals surface area contributed by atoms with E-state index in [1.807, 2.05) is 0 Å². The zero-order valence-corrected chi connectivity index (χ0v) is 9.77. The van der Waals surface area contributed by atoms with Crippen molar-refractivity contribution in [1.29, 1.82) is 0 Å². The Hall–Kier alpha value is -0.760. The summed E-state index contributed by atoms with van der Waals surface area (Å²) in [5.74, 6) is 0. The molecule has 0 radical (unpaired) electrons. The van der Waals surface area contributed by atoms with E-state index in [9.17, 15) is 0 Å². The van der Waals surface area contributed by atoms with Gasteiger partial charge in [-0.3, -0.25) is 4.90 Å². The fourth-order valence-electron chi connectivity index (χ4n) is 1.86. The van der Waals surface area contributed by atoms with Gasteiger partial charge in [0.2, 0.25) is 0 Å². The van der Waals surface area contributed by atoms with Crippen molar-refractivity contribution in [3.8, 4) is 0 Å². The average Bonchev–Trinajstić information content (AvgIpc) is 2.55. The van der Waals surface area contributed by atoms with Crippen LogP contribution in [0.25, 0.3) is 0 Å². The lowest BCUT2D eigenvalue weighted by atomic mass is 10.2. The quantitative estimate of drug-likeness (QED) is 0.699. The maximum Gasteiger partial charge on any atom is 0.0347 e. The van der Waals surface area contributed by atoms with Crippen molar-refractivity contribution in [2.24, 2.45) is 0 Å². The van der Waals surface area contributed by atoms with Crippen molar-refractivity contribution in [2.45, 2.75) is 46.3 Å². The Labute approximate surface area is 87.5 Å². The third-order valence-corrected chi connectivity index (χ3v) is 2.61. The van der Waals surface area contributed by atoms with E-state index in [1.54, 1.807) is 0 Å². The Kier molecular flexibility index (Phi) is 4.21. The minimum absolute atomic E-state index is 0.630. The first-order valence-corrected chi connectivity index (χ1v) is 5.47. The lowest BCUT2D eigenvalue weighted by Crippen LogP contribution is -2.39. The molecule has 0 unspecified atom stereocenters. The third-order valence-electron chi connectivity index (χ3n) is 2.61. The van der Waals surface area contributed by atoms with Gasteiger partial charge in [0.1, 0.15) is 0 Å². The molecule has 1 rings (SSSR count). The molecule has 14 heavy (non-hydrogen) atoms. The first kappa shape index (κ1) is 11.3. The highest BCUT2D eigenvalue weighted by atomic mass is 15.2. The van der Waals surface area contributed by atoms with Gasteiger partial charge in [-0.15, -0.1) is 0 Å². The highest BCUT2D eigenvalue weighted by molar-refractivity contribution is 4.90. The lowest BCUT2D eigenvalue weighted by molar-refractivity contribution is 0.168. The van der Waals surface area contributed by atoms with Gasteiger partial charge in [0.15, 0.2) is 0 Å². The van der Waals surface area contributed by atoms with Gasteiger partial charge in [-0.05, 0) is 39.8 Å². The Morgan fingerprint density at radius 3 is 1.93 bits per heavy atom. The standard InChI is InChI=1S/C12H22N2/c1-11(2)14(12(3)4)10-9-13-7-5-6-8-13/h5-8,11-12H,9-10H2,1-4H3. The average molecular weight is 194 g/mol. The van der Waals surface area contributed by atoms with Crippen LogP contribution in [0.1, 0.15) is 27.7 Å². The van der Waals surface area contributed by atoms with Crippen LogP contribution in [0.2, 0.25) is 0 Å². The summed E-state index contributed by atoms with van der Waals surface area (Å²) in [5.41, 5.74) is 0. The summed E-state index contributed by atoms with van der Waals surface area (Å²) in [5, 5.41) is 0. The molecule has 0 saturated carbocycles. The van der Waals surface area contributed by atoms with Gasteiger partial charge in [0, 0.05) is 37.6 Å². The summed E-state index contributed by atoms with van der Waals surface area (Å²) in [6.45, 7) is 11.3. The molecule has 2 heteroatoms. The van der Waals surface area contributed by atoms with Gasteiger partial charge in [-0.25, -0.2) is 0 Å². The van der Waals surface area contributed by atoms with Gasteiger partial charge in [0.05, 0.1) is 0 Å². The Morgan fingerprint density at radius 2 is 1.50 bits per heavy atom. The van der Waals surface area contributed by atoms with Crippen molar-refractivity contribution in [2.75, 3.05) is 6.54 Å². The van der Waals surface area contributed by atoms with Crippen LogP contribution in [-0.4, -0.2) is 28.1 Å². The number of hydrogen-bond donors (Lipinski definition) is 0. The number of nitrogens with zero attached hydrogens (tertiary/aromatic N) is 2. The van der Waals surface area contributed by atoms with Gasteiger partial charge in [-0.1, -0.05) is 0 Å². The fourth-order valence-corrected chi connectivity index (χ4v) is 1.86. The molecule has 0 aromatic carbocycles. The summed E-state index contributed by atoms with van der Waals surface area (Å²) in [6, 6.07) is 5.42. The Balaban J connectivity index is 2.41. The Morgan fingerprint density at radius 1 is 1.00 bits per heavy atom. The molecule has 1 aromatic rings. The predicted octanol–water partition coefficient (Wildman–Crippen LogP) is 2.61. The van der Waals surface area contributed by atoms with E-state index in [1.165, 1.54) is 0 Å². The molecule has 80 valence electrons. The smallest absolute Gasteiger partial charge is 0.0347 e. The second kappa shape index (κ2) is 5.20. The minimum atomic E-state index is 0.630. The molecule has 0 N–H and O–H groups in total.